The minimum Gasteiger partial charge on any atom is -0.469 e. The maximum atomic E-state index is 11.2. The summed E-state index contributed by atoms with van der Waals surface area (Å²) in [4.78, 5) is 11.2. The summed E-state index contributed by atoms with van der Waals surface area (Å²) in [5.41, 5.74) is 0. The second-order valence-corrected chi connectivity index (χ2v) is 4.23. The van der Waals surface area contributed by atoms with Gasteiger partial charge in [0.25, 0.3) is 0 Å². The first-order valence-corrected chi connectivity index (χ1v) is 5.96. The largest absolute Gasteiger partial charge is 0.469 e. The van der Waals surface area contributed by atoms with Gasteiger partial charge >= 0.3 is 5.97 Å². The highest BCUT2D eigenvalue weighted by Gasteiger charge is 2.29. The van der Waals surface area contributed by atoms with Gasteiger partial charge < -0.3 is 9.47 Å². The first-order valence-electron chi connectivity index (χ1n) is 5.96. The van der Waals surface area contributed by atoms with E-state index in [4.69, 9.17) is 9.47 Å². The molecule has 0 aromatic heterocycles. The molecule has 0 aromatic carbocycles. The number of carbonyl (C=O) groups excluding carboxylic acids is 1. The molecule has 1 fully saturated rings. The van der Waals surface area contributed by atoms with Crippen molar-refractivity contribution in [1.29, 1.82) is 0 Å². The van der Waals surface area contributed by atoms with Gasteiger partial charge in [-0.25, -0.2) is 0 Å². The summed E-state index contributed by atoms with van der Waals surface area (Å²) in [5.74, 6) is 0.278. The fraction of sp³-hybridized carbons (Fsp3) is 0.917. The van der Waals surface area contributed by atoms with E-state index in [9.17, 15) is 4.79 Å². The zero-order chi connectivity index (χ0) is 11.1. The van der Waals surface area contributed by atoms with Crippen LogP contribution in [0.4, 0.5) is 0 Å². The highest BCUT2D eigenvalue weighted by Crippen LogP contribution is 2.28. The van der Waals surface area contributed by atoms with Crippen LogP contribution in [0.5, 0.6) is 0 Å². The molecule has 15 heavy (non-hydrogen) atoms. The van der Waals surface area contributed by atoms with Gasteiger partial charge in [-0.1, -0.05) is 26.2 Å². The third-order valence-electron chi connectivity index (χ3n) is 3.10. The van der Waals surface area contributed by atoms with Gasteiger partial charge in [0.15, 0.2) is 0 Å². The third-order valence-corrected chi connectivity index (χ3v) is 3.10. The van der Waals surface area contributed by atoms with Crippen LogP contribution in [-0.4, -0.2) is 25.8 Å². The zero-order valence-corrected chi connectivity index (χ0v) is 9.83. The molecule has 88 valence electrons. The van der Waals surface area contributed by atoms with E-state index in [0.29, 0.717) is 12.3 Å². The molecule has 0 amide bonds. The Morgan fingerprint density at radius 2 is 2.27 bits per heavy atom. The molecular formula is C12H22O3. The summed E-state index contributed by atoms with van der Waals surface area (Å²) >= 11 is 0. The Bertz CT molecular complexity index is 191. The van der Waals surface area contributed by atoms with Crippen LogP contribution in [0.1, 0.15) is 45.4 Å². The molecule has 1 heterocycles. The minimum absolute atomic E-state index is 0.106. The Balaban J connectivity index is 2.26. The fourth-order valence-corrected chi connectivity index (χ4v) is 2.14. The van der Waals surface area contributed by atoms with Crippen molar-refractivity contribution in [2.24, 2.45) is 5.92 Å². The van der Waals surface area contributed by atoms with Crippen LogP contribution >= 0.6 is 0 Å². The SMILES string of the molecule is CCCCCC1OCCC1CC(=O)OC. The number of carbonyl (C=O) groups is 1. The van der Waals surface area contributed by atoms with Crippen molar-refractivity contribution in [3.8, 4) is 0 Å². The first kappa shape index (κ1) is 12.5. The monoisotopic (exact) mass is 214 g/mol. The molecule has 1 rings (SSSR count). The number of ether oxygens (including phenoxy) is 2. The van der Waals surface area contributed by atoms with Crippen molar-refractivity contribution in [2.75, 3.05) is 13.7 Å². The van der Waals surface area contributed by atoms with Gasteiger partial charge in [-0.15, -0.1) is 0 Å². The first-order chi connectivity index (χ1) is 7.27. The van der Waals surface area contributed by atoms with E-state index in [2.05, 4.69) is 6.92 Å². The van der Waals surface area contributed by atoms with Crippen molar-refractivity contribution >= 4 is 5.97 Å². The average molecular weight is 214 g/mol. The lowest BCUT2D eigenvalue weighted by atomic mass is 9.94. The summed E-state index contributed by atoms with van der Waals surface area (Å²) in [6.45, 7) is 3.00. The normalized spacial score (nSPS) is 25.5. The van der Waals surface area contributed by atoms with Crippen LogP contribution in [0.2, 0.25) is 0 Å². The number of unbranched alkanes of at least 4 members (excludes halogenated alkanes) is 2. The van der Waals surface area contributed by atoms with E-state index in [1.54, 1.807) is 0 Å². The van der Waals surface area contributed by atoms with Gasteiger partial charge in [-0.05, 0) is 18.8 Å². The number of esters is 1. The Morgan fingerprint density at radius 3 is 2.93 bits per heavy atom. The van der Waals surface area contributed by atoms with Crippen LogP contribution in [0, 0.1) is 5.92 Å². The number of rotatable bonds is 6. The van der Waals surface area contributed by atoms with Gasteiger partial charge in [0.1, 0.15) is 0 Å². The number of methoxy groups -OCH3 is 1. The van der Waals surface area contributed by atoms with E-state index in [0.717, 1.165) is 19.4 Å². The molecule has 0 bridgehead atoms. The molecule has 3 nitrogen and oxygen atoms in total. The zero-order valence-electron chi connectivity index (χ0n) is 9.83. The molecule has 0 N–H and O–H groups in total. The molecule has 1 aliphatic heterocycles. The predicted molar refractivity (Wildman–Crippen MR) is 58.6 cm³/mol. The summed E-state index contributed by atoms with van der Waals surface area (Å²) < 4.78 is 10.3. The Kier molecular flexibility index (Phi) is 5.69. The molecule has 3 heteroatoms. The maximum absolute atomic E-state index is 11.2. The van der Waals surface area contributed by atoms with Gasteiger partial charge in [-0.2, -0.15) is 0 Å². The Labute approximate surface area is 92.1 Å². The minimum atomic E-state index is -0.106. The Morgan fingerprint density at radius 1 is 1.47 bits per heavy atom. The molecule has 0 radical (unpaired) electrons. The molecule has 0 spiro atoms. The quantitative estimate of drug-likeness (QED) is 0.503. The maximum Gasteiger partial charge on any atom is 0.305 e. The second-order valence-electron chi connectivity index (χ2n) is 4.23. The molecule has 0 aliphatic carbocycles. The lowest BCUT2D eigenvalue weighted by Crippen LogP contribution is -2.19. The van der Waals surface area contributed by atoms with Gasteiger partial charge in [-0.3, -0.25) is 4.79 Å². The van der Waals surface area contributed by atoms with Gasteiger partial charge in [0.05, 0.1) is 19.6 Å². The van der Waals surface area contributed by atoms with E-state index in [1.807, 2.05) is 0 Å². The molecule has 1 aliphatic rings. The van der Waals surface area contributed by atoms with Crippen LogP contribution in [0.3, 0.4) is 0 Å². The molecule has 0 aromatic rings. The molecule has 2 atom stereocenters. The molecule has 1 saturated heterocycles. The van der Waals surface area contributed by atoms with Crippen LogP contribution in [0.25, 0.3) is 0 Å². The van der Waals surface area contributed by atoms with Gasteiger partial charge in [0, 0.05) is 6.61 Å². The van der Waals surface area contributed by atoms with Crippen LogP contribution in [-0.2, 0) is 14.3 Å². The summed E-state index contributed by atoms with van der Waals surface area (Å²) in [5, 5.41) is 0. The summed E-state index contributed by atoms with van der Waals surface area (Å²) in [7, 11) is 1.45. The van der Waals surface area contributed by atoms with E-state index in [1.165, 1.54) is 26.4 Å². The number of hydrogen-bond acceptors (Lipinski definition) is 3. The summed E-state index contributed by atoms with van der Waals surface area (Å²) in [6.07, 6.45) is 6.60. The lowest BCUT2D eigenvalue weighted by molar-refractivity contribution is -0.142. The van der Waals surface area contributed by atoms with Crippen molar-refractivity contribution in [2.45, 2.75) is 51.6 Å². The highest BCUT2D eigenvalue weighted by atomic mass is 16.5. The van der Waals surface area contributed by atoms with E-state index < -0.39 is 0 Å². The highest BCUT2D eigenvalue weighted by molar-refractivity contribution is 5.69. The topological polar surface area (TPSA) is 35.5 Å². The molecular weight excluding hydrogens is 192 g/mol. The second kappa shape index (κ2) is 6.83. The smallest absolute Gasteiger partial charge is 0.305 e. The third kappa shape index (κ3) is 4.20. The van der Waals surface area contributed by atoms with Crippen molar-refractivity contribution in [3.05, 3.63) is 0 Å². The van der Waals surface area contributed by atoms with Crippen LogP contribution < -0.4 is 0 Å². The summed E-state index contributed by atoms with van der Waals surface area (Å²) in [6, 6.07) is 0. The Hall–Kier alpha value is -0.570. The lowest BCUT2D eigenvalue weighted by Gasteiger charge is -2.17. The van der Waals surface area contributed by atoms with Crippen LogP contribution in [0.15, 0.2) is 0 Å². The van der Waals surface area contributed by atoms with Crippen molar-refractivity contribution in [3.63, 3.8) is 0 Å². The van der Waals surface area contributed by atoms with Crippen molar-refractivity contribution < 1.29 is 14.3 Å². The van der Waals surface area contributed by atoms with Crippen molar-refractivity contribution in [1.82, 2.24) is 0 Å². The molecule has 0 saturated carbocycles. The predicted octanol–water partition coefficient (Wildman–Crippen LogP) is 2.53. The number of hydrogen-bond donors (Lipinski definition) is 0. The molecule has 2 unspecified atom stereocenters. The van der Waals surface area contributed by atoms with Gasteiger partial charge in [0.2, 0.25) is 0 Å². The fourth-order valence-electron chi connectivity index (χ4n) is 2.14. The average Bonchev–Trinajstić information content (AvgIpc) is 2.66. The van der Waals surface area contributed by atoms with E-state index >= 15 is 0 Å². The van der Waals surface area contributed by atoms with E-state index in [-0.39, 0.29) is 12.1 Å². The standard InChI is InChI=1S/C12H22O3/c1-3-4-5-6-11-10(7-8-15-11)9-12(13)14-2/h10-11H,3-9H2,1-2H3.